The van der Waals surface area contributed by atoms with E-state index in [0.717, 1.165) is 17.0 Å². The van der Waals surface area contributed by atoms with Crippen LogP contribution in [0, 0.1) is 6.92 Å². The minimum Gasteiger partial charge on any atom is -0.258 e. The molecule has 0 atom stereocenters. The number of nitrogens with zero attached hydrogens (tertiary/aromatic N) is 2. The van der Waals surface area contributed by atoms with Crippen LogP contribution in [-0.4, -0.2) is 9.97 Å². The van der Waals surface area contributed by atoms with Gasteiger partial charge in [0.05, 0.1) is 17.6 Å². The first-order valence-electron chi connectivity index (χ1n) is 4.30. The van der Waals surface area contributed by atoms with E-state index < -0.39 is 0 Å². The lowest BCUT2D eigenvalue weighted by Crippen LogP contribution is -1.87. The van der Waals surface area contributed by atoms with E-state index in [9.17, 15) is 0 Å². The molecule has 1 aromatic heterocycles. The van der Waals surface area contributed by atoms with Crippen molar-refractivity contribution in [2.75, 3.05) is 0 Å². The van der Waals surface area contributed by atoms with Crippen LogP contribution in [0.4, 0.5) is 0 Å². The van der Waals surface area contributed by atoms with Crippen LogP contribution in [0.3, 0.4) is 0 Å². The molecule has 14 heavy (non-hydrogen) atoms. The van der Waals surface area contributed by atoms with Gasteiger partial charge in [0.25, 0.3) is 0 Å². The molecule has 2 rings (SSSR count). The van der Waals surface area contributed by atoms with Crippen LogP contribution in [-0.2, 0) is 0 Å². The van der Waals surface area contributed by atoms with E-state index in [1.807, 2.05) is 31.2 Å². The fourth-order valence-electron chi connectivity index (χ4n) is 1.19. The zero-order chi connectivity index (χ0) is 9.97. The highest BCUT2D eigenvalue weighted by Gasteiger charge is 1.99. The summed E-state index contributed by atoms with van der Waals surface area (Å²) in [4.78, 5) is 8.45. The molecule has 2 aromatic rings. The van der Waals surface area contributed by atoms with Gasteiger partial charge in [-0.3, -0.25) is 9.97 Å². The fourth-order valence-corrected chi connectivity index (χ4v) is 1.38. The molecule has 0 saturated heterocycles. The number of halogens is 1. The lowest BCUT2D eigenvalue weighted by Gasteiger charge is -2.00. The summed E-state index contributed by atoms with van der Waals surface area (Å²) in [6, 6.07) is 7.58. The monoisotopic (exact) mass is 204 g/mol. The molecule has 0 spiro atoms. The van der Waals surface area contributed by atoms with Crippen molar-refractivity contribution in [1.82, 2.24) is 9.97 Å². The summed E-state index contributed by atoms with van der Waals surface area (Å²) in [5, 5.41) is 0.713. The summed E-state index contributed by atoms with van der Waals surface area (Å²) >= 11 is 5.88. The summed E-state index contributed by atoms with van der Waals surface area (Å²) in [6.45, 7) is 1.91. The van der Waals surface area contributed by atoms with Crippen LogP contribution in [0.5, 0.6) is 0 Å². The second kappa shape index (κ2) is 3.76. The van der Waals surface area contributed by atoms with Gasteiger partial charge in [-0.2, -0.15) is 0 Å². The molecular formula is C11H9ClN2. The van der Waals surface area contributed by atoms with Crippen LogP contribution in [0.2, 0.25) is 5.02 Å². The van der Waals surface area contributed by atoms with E-state index in [-0.39, 0.29) is 0 Å². The molecule has 1 aromatic carbocycles. The third-order valence-corrected chi connectivity index (χ3v) is 2.14. The molecule has 0 saturated carbocycles. The Hall–Kier alpha value is -1.41. The van der Waals surface area contributed by atoms with Gasteiger partial charge >= 0.3 is 0 Å². The van der Waals surface area contributed by atoms with Crippen molar-refractivity contribution in [3.63, 3.8) is 0 Å². The van der Waals surface area contributed by atoms with Crippen molar-refractivity contribution in [1.29, 1.82) is 0 Å². The van der Waals surface area contributed by atoms with Crippen molar-refractivity contribution in [2.24, 2.45) is 0 Å². The number of rotatable bonds is 1. The molecule has 3 heteroatoms. The summed E-state index contributed by atoms with van der Waals surface area (Å²) in [5.74, 6) is 0. The lowest BCUT2D eigenvalue weighted by molar-refractivity contribution is 1.12. The van der Waals surface area contributed by atoms with Gasteiger partial charge in [0.2, 0.25) is 0 Å². The maximum atomic E-state index is 5.88. The standard InChI is InChI=1S/C11H9ClN2/c1-8-6-14-11(7-13-8)9-3-2-4-10(12)5-9/h2-7H,1H3. The maximum Gasteiger partial charge on any atom is 0.0885 e. The van der Waals surface area contributed by atoms with Crippen LogP contribution in [0.25, 0.3) is 11.3 Å². The van der Waals surface area contributed by atoms with Crippen molar-refractivity contribution >= 4 is 11.6 Å². The van der Waals surface area contributed by atoms with Gasteiger partial charge in [0.15, 0.2) is 0 Å². The Bertz CT molecular complexity index is 437. The molecule has 0 aliphatic carbocycles. The first-order valence-corrected chi connectivity index (χ1v) is 4.68. The predicted octanol–water partition coefficient (Wildman–Crippen LogP) is 3.11. The molecule has 0 fully saturated rings. The Labute approximate surface area is 87.6 Å². The Morgan fingerprint density at radius 3 is 2.64 bits per heavy atom. The van der Waals surface area contributed by atoms with Crippen molar-refractivity contribution in [3.8, 4) is 11.3 Å². The Morgan fingerprint density at radius 1 is 1.14 bits per heavy atom. The SMILES string of the molecule is Cc1cnc(-c2cccc(Cl)c2)cn1. The predicted molar refractivity (Wildman–Crippen MR) is 57.2 cm³/mol. The molecule has 0 aliphatic rings. The van der Waals surface area contributed by atoms with Gasteiger partial charge in [-0.1, -0.05) is 23.7 Å². The Kier molecular flexibility index (Phi) is 2.46. The molecule has 70 valence electrons. The number of hydrogen-bond acceptors (Lipinski definition) is 2. The second-order valence-electron chi connectivity index (χ2n) is 3.05. The van der Waals surface area contributed by atoms with E-state index in [4.69, 9.17) is 11.6 Å². The number of benzene rings is 1. The maximum absolute atomic E-state index is 5.88. The highest BCUT2D eigenvalue weighted by molar-refractivity contribution is 6.30. The van der Waals surface area contributed by atoms with Gasteiger partial charge in [-0.25, -0.2) is 0 Å². The smallest absolute Gasteiger partial charge is 0.0885 e. The third-order valence-electron chi connectivity index (χ3n) is 1.90. The highest BCUT2D eigenvalue weighted by atomic mass is 35.5. The molecule has 0 bridgehead atoms. The van der Waals surface area contributed by atoms with Gasteiger partial charge in [0, 0.05) is 16.8 Å². The van der Waals surface area contributed by atoms with Crippen molar-refractivity contribution in [3.05, 3.63) is 47.4 Å². The Morgan fingerprint density at radius 2 is 2.00 bits per heavy atom. The number of hydrogen-bond donors (Lipinski definition) is 0. The molecule has 0 amide bonds. The largest absolute Gasteiger partial charge is 0.258 e. The summed E-state index contributed by atoms with van der Waals surface area (Å²) < 4.78 is 0. The molecule has 0 aliphatic heterocycles. The zero-order valence-electron chi connectivity index (χ0n) is 7.74. The molecule has 0 radical (unpaired) electrons. The fraction of sp³-hybridized carbons (Fsp3) is 0.0909. The molecular weight excluding hydrogens is 196 g/mol. The first-order chi connectivity index (χ1) is 6.75. The number of aryl methyl sites for hydroxylation is 1. The Balaban J connectivity index is 2.44. The number of aromatic nitrogens is 2. The molecule has 1 heterocycles. The van der Waals surface area contributed by atoms with Gasteiger partial charge in [-0.15, -0.1) is 0 Å². The minimum absolute atomic E-state index is 0.713. The first kappa shape index (κ1) is 9.16. The van der Waals surface area contributed by atoms with Crippen LogP contribution in [0.15, 0.2) is 36.7 Å². The van der Waals surface area contributed by atoms with Gasteiger partial charge in [0.1, 0.15) is 0 Å². The normalized spacial score (nSPS) is 10.1. The van der Waals surface area contributed by atoms with Crippen LogP contribution < -0.4 is 0 Å². The summed E-state index contributed by atoms with van der Waals surface area (Å²) in [5.41, 5.74) is 2.75. The topological polar surface area (TPSA) is 25.8 Å². The second-order valence-corrected chi connectivity index (χ2v) is 3.49. The van der Waals surface area contributed by atoms with E-state index in [1.54, 1.807) is 12.4 Å². The average Bonchev–Trinajstić information content (AvgIpc) is 2.19. The van der Waals surface area contributed by atoms with Crippen LogP contribution >= 0.6 is 11.6 Å². The minimum atomic E-state index is 0.713. The van der Waals surface area contributed by atoms with E-state index in [0.29, 0.717) is 5.02 Å². The highest BCUT2D eigenvalue weighted by Crippen LogP contribution is 2.19. The van der Waals surface area contributed by atoms with Crippen molar-refractivity contribution in [2.45, 2.75) is 6.92 Å². The van der Waals surface area contributed by atoms with Crippen molar-refractivity contribution < 1.29 is 0 Å². The quantitative estimate of drug-likeness (QED) is 0.714. The zero-order valence-corrected chi connectivity index (χ0v) is 8.49. The lowest BCUT2D eigenvalue weighted by atomic mass is 10.2. The van der Waals surface area contributed by atoms with E-state index in [2.05, 4.69) is 9.97 Å². The summed E-state index contributed by atoms with van der Waals surface area (Å²) in [7, 11) is 0. The van der Waals surface area contributed by atoms with Crippen LogP contribution in [0.1, 0.15) is 5.69 Å². The third kappa shape index (κ3) is 1.91. The van der Waals surface area contributed by atoms with Gasteiger partial charge in [-0.05, 0) is 19.1 Å². The molecule has 2 nitrogen and oxygen atoms in total. The van der Waals surface area contributed by atoms with Gasteiger partial charge < -0.3 is 0 Å². The summed E-state index contributed by atoms with van der Waals surface area (Å²) in [6.07, 6.45) is 3.50. The van der Waals surface area contributed by atoms with E-state index >= 15 is 0 Å². The van der Waals surface area contributed by atoms with E-state index in [1.165, 1.54) is 0 Å². The molecule has 0 unspecified atom stereocenters. The molecule has 0 N–H and O–H groups in total. The average molecular weight is 205 g/mol.